The predicted octanol–water partition coefficient (Wildman–Crippen LogP) is 3.20. The summed E-state index contributed by atoms with van der Waals surface area (Å²) in [6, 6.07) is 8.75. The molecule has 1 saturated heterocycles. The number of hydrogen-bond donors (Lipinski definition) is 1. The maximum absolute atomic E-state index is 12.6. The molecule has 132 valence electrons. The highest BCUT2D eigenvalue weighted by atomic mass is 35.5. The van der Waals surface area contributed by atoms with E-state index in [2.05, 4.69) is 50.0 Å². The average Bonchev–Trinajstić information content (AvgIpc) is 2.48. The van der Waals surface area contributed by atoms with E-state index in [4.69, 9.17) is 0 Å². The van der Waals surface area contributed by atoms with Crippen molar-refractivity contribution in [1.82, 2.24) is 10.2 Å². The number of piperazine rings is 1. The third-order valence-corrected chi connectivity index (χ3v) is 4.17. The monoisotopic (exact) mass is 361 g/mol. The average molecular weight is 362 g/mol. The molecule has 1 atom stereocenters. The summed E-state index contributed by atoms with van der Waals surface area (Å²) in [5.41, 5.74) is 1.96. The number of anilines is 1. The summed E-state index contributed by atoms with van der Waals surface area (Å²) >= 11 is 0. The molecule has 1 aliphatic rings. The second-order valence-electron chi connectivity index (χ2n) is 5.98. The molecule has 0 aromatic heterocycles. The van der Waals surface area contributed by atoms with Gasteiger partial charge in [-0.05, 0) is 52.0 Å². The maximum Gasteiger partial charge on any atom is 0.254 e. The Morgan fingerprint density at radius 2 is 1.91 bits per heavy atom. The van der Waals surface area contributed by atoms with E-state index in [-0.39, 0.29) is 36.8 Å². The minimum Gasteiger partial charge on any atom is -0.369 e. The lowest BCUT2D eigenvalue weighted by Gasteiger charge is -2.34. The zero-order valence-corrected chi connectivity index (χ0v) is 16.0. The summed E-state index contributed by atoms with van der Waals surface area (Å²) in [5, 5.41) is 3.31. The molecule has 1 amide bonds. The van der Waals surface area contributed by atoms with E-state index in [0.29, 0.717) is 6.04 Å². The number of halogens is 2. The number of carbonyl (C=O) groups excluding carboxylic acids is 1. The third-order valence-electron chi connectivity index (χ3n) is 4.17. The largest absolute Gasteiger partial charge is 0.369 e. The first kappa shape index (κ1) is 22.0. The lowest BCUT2D eigenvalue weighted by atomic mass is 10.1. The third kappa shape index (κ3) is 5.27. The van der Waals surface area contributed by atoms with Crippen LogP contribution in [0, 0.1) is 0 Å². The molecule has 6 heteroatoms. The van der Waals surface area contributed by atoms with Gasteiger partial charge in [0, 0.05) is 49.5 Å². The standard InChI is InChI=1S/C17H27N3O.2ClH/c1-5-19(13(2)3)16-8-6-15(7-9-16)17(21)20-11-10-18-12-14(20)4;;/h6-9,13-14,18H,5,10-12H2,1-4H3;2*1H/t14-;;/m1../s1. The van der Waals surface area contributed by atoms with Crippen molar-refractivity contribution in [3.8, 4) is 0 Å². The first-order chi connectivity index (χ1) is 10.0. The number of carbonyl (C=O) groups is 1. The molecule has 0 radical (unpaired) electrons. The SMILES string of the molecule is CCN(c1ccc(C(=O)N2CCNC[C@H]2C)cc1)C(C)C.Cl.Cl. The van der Waals surface area contributed by atoms with Crippen LogP contribution in [-0.2, 0) is 0 Å². The molecule has 4 nitrogen and oxygen atoms in total. The van der Waals surface area contributed by atoms with Crippen LogP contribution in [0.5, 0.6) is 0 Å². The van der Waals surface area contributed by atoms with E-state index in [1.54, 1.807) is 0 Å². The minimum atomic E-state index is 0. The zero-order valence-electron chi connectivity index (χ0n) is 14.4. The first-order valence-corrected chi connectivity index (χ1v) is 7.93. The fourth-order valence-electron chi connectivity index (χ4n) is 2.95. The summed E-state index contributed by atoms with van der Waals surface area (Å²) in [7, 11) is 0. The molecule has 23 heavy (non-hydrogen) atoms. The van der Waals surface area contributed by atoms with Crippen LogP contribution in [0.2, 0.25) is 0 Å². The normalized spacial score (nSPS) is 17.3. The van der Waals surface area contributed by atoms with Crippen LogP contribution < -0.4 is 10.2 Å². The van der Waals surface area contributed by atoms with Gasteiger partial charge in [0.05, 0.1) is 0 Å². The van der Waals surface area contributed by atoms with E-state index in [9.17, 15) is 4.79 Å². The van der Waals surface area contributed by atoms with Crippen LogP contribution >= 0.6 is 24.8 Å². The topological polar surface area (TPSA) is 35.6 Å². The molecular weight excluding hydrogens is 333 g/mol. The van der Waals surface area contributed by atoms with Crippen molar-refractivity contribution in [1.29, 1.82) is 0 Å². The van der Waals surface area contributed by atoms with Gasteiger partial charge in [-0.1, -0.05) is 0 Å². The first-order valence-electron chi connectivity index (χ1n) is 7.93. The number of nitrogens with one attached hydrogen (secondary N) is 1. The molecule has 0 aliphatic carbocycles. The van der Waals surface area contributed by atoms with Crippen molar-refractivity contribution in [2.24, 2.45) is 0 Å². The van der Waals surface area contributed by atoms with Gasteiger partial charge in [0.25, 0.3) is 5.91 Å². The molecule has 2 rings (SSSR count). The molecule has 0 unspecified atom stereocenters. The van der Waals surface area contributed by atoms with Crippen LogP contribution in [0.25, 0.3) is 0 Å². The molecule has 0 saturated carbocycles. The second-order valence-corrected chi connectivity index (χ2v) is 5.98. The molecule has 1 fully saturated rings. The number of hydrogen-bond acceptors (Lipinski definition) is 3. The molecule has 0 bridgehead atoms. The molecule has 1 aromatic rings. The molecule has 1 aliphatic heterocycles. The Hall–Kier alpha value is -0.970. The highest BCUT2D eigenvalue weighted by Crippen LogP contribution is 2.19. The quantitative estimate of drug-likeness (QED) is 0.894. The van der Waals surface area contributed by atoms with Gasteiger partial charge in [-0.15, -0.1) is 24.8 Å². The van der Waals surface area contributed by atoms with Gasteiger partial charge in [-0.3, -0.25) is 4.79 Å². The Morgan fingerprint density at radius 3 is 2.39 bits per heavy atom. The highest BCUT2D eigenvalue weighted by molar-refractivity contribution is 5.94. The van der Waals surface area contributed by atoms with Gasteiger partial charge in [-0.2, -0.15) is 0 Å². The lowest BCUT2D eigenvalue weighted by molar-refractivity contribution is 0.0656. The Bertz CT molecular complexity index is 479. The smallest absolute Gasteiger partial charge is 0.254 e. The van der Waals surface area contributed by atoms with Crippen LogP contribution in [-0.4, -0.2) is 49.1 Å². The van der Waals surface area contributed by atoms with Gasteiger partial charge in [0.1, 0.15) is 0 Å². The van der Waals surface area contributed by atoms with Crippen molar-refractivity contribution in [2.45, 2.75) is 39.8 Å². The molecule has 1 heterocycles. The Morgan fingerprint density at radius 1 is 1.30 bits per heavy atom. The molecule has 1 N–H and O–H groups in total. The van der Waals surface area contributed by atoms with Crippen molar-refractivity contribution in [3.63, 3.8) is 0 Å². The van der Waals surface area contributed by atoms with Crippen LogP contribution in [0.15, 0.2) is 24.3 Å². The van der Waals surface area contributed by atoms with Crippen molar-refractivity contribution >= 4 is 36.4 Å². The van der Waals surface area contributed by atoms with Crippen LogP contribution in [0.1, 0.15) is 38.1 Å². The lowest BCUT2D eigenvalue weighted by Crippen LogP contribution is -2.52. The summed E-state index contributed by atoms with van der Waals surface area (Å²) in [6.45, 7) is 12.1. The van der Waals surface area contributed by atoms with Crippen molar-refractivity contribution < 1.29 is 4.79 Å². The van der Waals surface area contributed by atoms with Gasteiger partial charge in [0.15, 0.2) is 0 Å². The van der Waals surface area contributed by atoms with E-state index < -0.39 is 0 Å². The summed E-state index contributed by atoms with van der Waals surface area (Å²) in [5.74, 6) is 0.142. The maximum atomic E-state index is 12.6. The number of benzene rings is 1. The second kappa shape index (κ2) is 10.0. The van der Waals surface area contributed by atoms with E-state index in [1.807, 2.05) is 17.0 Å². The van der Waals surface area contributed by atoms with Crippen molar-refractivity contribution in [3.05, 3.63) is 29.8 Å². The highest BCUT2D eigenvalue weighted by Gasteiger charge is 2.24. The Kier molecular flexibility index (Phi) is 9.59. The Labute approximate surface area is 152 Å². The van der Waals surface area contributed by atoms with Gasteiger partial charge in [0.2, 0.25) is 0 Å². The molecule has 0 spiro atoms. The summed E-state index contributed by atoms with van der Waals surface area (Å²) < 4.78 is 0. The van der Waals surface area contributed by atoms with Crippen molar-refractivity contribution in [2.75, 3.05) is 31.1 Å². The van der Waals surface area contributed by atoms with Gasteiger partial charge in [-0.25, -0.2) is 0 Å². The number of amides is 1. The molecular formula is C17H29Cl2N3O. The van der Waals surface area contributed by atoms with Gasteiger partial charge < -0.3 is 15.1 Å². The molecule has 1 aromatic carbocycles. The number of nitrogens with zero attached hydrogens (tertiary/aromatic N) is 2. The van der Waals surface area contributed by atoms with E-state index in [0.717, 1.165) is 31.7 Å². The van der Waals surface area contributed by atoms with Crippen LogP contribution in [0.4, 0.5) is 5.69 Å². The number of rotatable bonds is 4. The van der Waals surface area contributed by atoms with Crippen LogP contribution in [0.3, 0.4) is 0 Å². The zero-order chi connectivity index (χ0) is 15.4. The van der Waals surface area contributed by atoms with E-state index >= 15 is 0 Å². The predicted molar refractivity (Wildman–Crippen MR) is 102 cm³/mol. The van der Waals surface area contributed by atoms with Gasteiger partial charge >= 0.3 is 0 Å². The van der Waals surface area contributed by atoms with E-state index in [1.165, 1.54) is 5.69 Å². The fraction of sp³-hybridized carbons (Fsp3) is 0.588. The Balaban J connectivity index is 0.00000242. The summed E-state index contributed by atoms with van der Waals surface area (Å²) in [6.07, 6.45) is 0. The fourth-order valence-corrected chi connectivity index (χ4v) is 2.95. The minimum absolute atomic E-state index is 0. The summed E-state index contributed by atoms with van der Waals surface area (Å²) in [4.78, 5) is 16.9.